The van der Waals surface area contributed by atoms with Gasteiger partial charge in [-0.1, -0.05) is 19.9 Å². The van der Waals surface area contributed by atoms with Gasteiger partial charge in [-0.2, -0.15) is 0 Å². The molecule has 0 bridgehead atoms. The molecule has 0 aromatic heterocycles. The molecule has 1 aromatic carbocycles. The SMILES string of the molecule is CCCC(=O)O[C@H]1[C@H](C)OC(=O)[C@H](NC(=O)c2cccc(NC=O)c2O)[C@@H](C)OC(=O)[C@H]1CC. The molecule has 3 N–H and O–H groups in total. The highest BCUT2D eigenvalue weighted by Gasteiger charge is 2.43. The van der Waals surface area contributed by atoms with E-state index in [0.717, 1.165) is 0 Å². The van der Waals surface area contributed by atoms with Crippen LogP contribution in [0.25, 0.3) is 0 Å². The van der Waals surface area contributed by atoms with Gasteiger partial charge in [0, 0.05) is 6.42 Å². The zero-order valence-electron chi connectivity index (χ0n) is 19.5. The van der Waals surface area contributed by atoms with Crippen LogP contribution in [-0.4, -0.2) is 59.7 Å². The number of phenolic OH excluding ortho intramolecular Hbond substituents is 1. The van der Waals surface area contributed by atoms with Gasteiger partial charge in [0.05, 0.1) is 17.2 Å². The Morgan fingerprint density at radius 3 is 2.41 bits per heavy atom. The van der Waals surface area contributed by atoms with Crippen molar-refractivity contribution in [2.45, 2.75) is 71.3 Å². The summed E-state index contributed by atoms with van der Waals surface area (Å²) in [5.74, 6) is -4.38. The Balaban J connectivity index is 2.31. The van der Waals surface area contributed by atoms with Crippen molar-refractivity contribution in [3.63, 3.8) is 0 Å². The highest BCUT2D eigenvalue weighted by molar-refractivity contribution is 6.01. The number of carbonyl (C=O) groups is 5. The lowest BCUT2D eigenvalue weighted by Crippen LogP contribution is -2.50. The van der Waals surface area contributed by atoms with Gasteiger partial charge in [-0.15, -0.1) is 0 Å². The molecule has 186 valence electrons. The van der Waals surface area contributed by atoms with Crippen molar-refractivity contribution in [1.82, 2.24) is 5.32 Å². The van der Waals surface area contributed by atoms with Crippen molar-refractivity contribution in [2.75, 3.05) is 5.32 Å². The number of benzene rings is 1. The first kappa shape index (κ1) is 26.6. The van der Waals surface area contributed by atoms with Crippen molar-refractivity contribution in [2.24, 2.45) is 5.92 Å². The maximum Gasteiger partial charge on any atom is 0.332 e. The first-order valence-electron chi connectivity index (χ1n) is 11.1. The Morgan fingerprint density at radius 1 is 1.12 bits per heavy atom. The summed E-state index contributed by atoms with van der Waals surface area (Å²) in [5, 5.41) is 15.0. The second-order valence-corrected chi connectivity index (χ2v) is 7.92. The van der Waals surface area contributed by atoms with E-state index >= 15 is 0 Å². The summed E-state index contributed by atoms with van der Waals surface area (Å²) in [6.07, 6.45) is -1.90. The third-order valence-corrected chi connectivity index (χ3v) is 5.43. The van der Waals surface area contributed by atoms with Crippen LogP contribution in [-0.2, 0) is 33.4 Å². The molecule has 1 fully saturated rings. The molecule has 11 heteroatoms. The fourth-order valence-electron chi connectivity index (χ4n) is 3.61. The molecule has 0 radical (unpaired) electrons. The standard InChI is InChI=1S/C23H30N2O9/c1-5-8-17(27)34-20-13(4)33-23(31)18(12(3)32-22(30)14(20)6-2)25-21(29)15-9-7-10-16(19(15)28)24-11-26/h7,9-14,18,20,28H,5-6,8H2,1-4H3,(H,24,26)(H,25,29)/t12-,13+,14+,18-,20+/m1/s1. The van der Waals surface area contributed by atoms with Gasteiger partial charge in [0.15, 0.2) is 17.9 Å². The van der Waals surface area contributed by atoms with E-state index in [4.69, 9.17) is 14.2 Å². The maximum atomic E-state index is 12.9. The van der Waals surface area contributed by atoms with Crippen LogP contribution in [0.3, 0.4) is 0 Å². The van der Waals surface area contributed by atoms with E-state index in [9.17, 15) is 29.1 Å². The third kappa shape index (κ3) is 6.24. The molecule has 0 aliphatic carbocycles. The molecule has 34 heavy (non-hydrogen) atoms. The lowest BCUT2D eigenvalue weighted by Gasteiger charge is -2.28. The summed E-state index contributed by atoms with van der Waals surface area (Å²) < 4.78 is 16.4. The predicted octanol–water partition coefficient (Wildman–Crippen LogP) is 1.67. The molecule has 0 saturated carbocycles. The van der Waals surface area contributed by atoms with Gasteiger partial charge in [0.25, 0.3) is 5.91 Å². The van der Waals surface area contributed by atoms with Crippen molar-refractivity contribution >= 4 is 35.9 Å². The van der Waals surface area contributed by atoms with Crippen molar-refractivity contribution in [1.29, 1.82) is 0 Å². The number of rotatable bonds is 8. The predicted molar refractivity (Wildman–Crippen MR) is 119 cm³/mol. The van der Waals surface area contributed by atoms with Gasteiger partial charge in [0.2, 0.25) is 6.41 Å². The van der Waals surface area contributed by atoms with E-state index in [-0.39, 0.29) is 24.1 Å². The monoisotopic (exact) mass is 478 g/mol. The topological polar surface area (TPSA) is 157 Å². The van der Waals surface area contributed by atoms with E-state index < -0.39 is 59.8 Å². The normalized spacial score (nSPS) is 25.0. The lowest BCUT2D eigenvalue weighted by atomic mass is 9.95. The van der Waals surface area contributed by atoms with E-state index in [1.54, 1.807) is 13.8 Å². The number of hydrogen-bond donors (Lipinski definition) is 3. The Kier molecular flexibility index (Phi) is 9.40. The van der Waals surface area contributed by atoms with Crippen molar-refractivity contribution in [3.05, 3.63) is 23.8 Å². The fourth-order valence-corrected chi connectivity index (χ4v) is 3.61. The Bertz CT molecular complexity index is 933. The zero-order valence-corrected chi connectivity index (χ0v) is 19.5. The molecule has 11 nitrogen and oxygen atoms in total. The summed E-state index contributed by atoms with van der Waals surface area (Å²) in [4.78, 5) is 61.4. The highest BCUT2D eigenvalue weighted by Crippen LogP contribution is 2.28. The van der Waals surface area contributed by atoms with E-state index in [1.807, 2.05) is 0 Å². The first-order chi connectivity index (χ1) is 16.1. The summed E-state index contributed by atoms with van der Waals surface area (Å²) in [7, 11) is 0. The molecular weight excluding hydrogens is 448 g/mol. The summed E-state index contributed by atoms with van der Waals surface area (Å²) in [6.45, 7) is 6.42. The number of cyclic esters (lactones) is 2. The van der Waals surface area contributed by atoms with Crippen molar-refractivity contribution in [3.8, 4) is 5.75 Å². The molecule has 1 heterocycles. The number of anilines is 1. The van der Waals surface area contributed by atoms with Crippen LogP contribution in [0.1, 0.15) is 57.3 Å². The summed E-state index contributed by atoms with van der Waals surface area (Å²) in [6, 6.07) is 2.68. The average molecular weight is 478 g/mol. The largest absolute Gasteiger partial charge is 0.505 e. The molecule has 1 aliphatic heterocycles. The Hall–Kier alpha value is -3.63. The average Bonchev–Trinajstić information content (AvgIpc) is 2.80. The van der Waals surface area contributed by atoms with Gasteiger partial charge in [-0.05, 0) is 38.8 Å². The molecular formula is C23H30N2O9. The van der Waals surface area contributed by atoms with Crippen LogP contribution in [0.2, 0.25) is 0 Å². The minimum Gasteiger partial charge on any atom is -0.505 e. The molecule has 0 spiro atoms. The molecule has 1 aromatic rings. The Labute approximate surface area is 197 Å². The summed E-state index contributed by atoms with van der Waals surface area (Å²) >= 11 is 0. The fraction of sp³-hybridized carbons (Fsp3) is 0.522. The number of phenols is 1. The second-order valence-electron chi connectivity index (χ2n) is 7.92. The van der Waals surface area contributed by atoms with Crippen molar-refractivity contribution < 1.29 is 43.3 Å². The van der Waals surface area contributed by atoms with E-state index in [0.29, 0.717) is 12.8 Å². The molecule has 1 saturated heterocycles. The van der Waals surface area contributed by atoms with Gasteiger partial charge in [-0.3, -0.25) is 19.2 Å². The maximum absolute atomic E-state index is 12.9. The summed E-state index contributed by atoms with van der Waals surface area (Å²) in [5.41, 5.74) is -0.223. The number of aromatic hydroxyl groups is 1. The molecule has 1 aliphatic rings. The molecule has 0 unspecified atom stereocenters. The third-order valence-electron chi connectivity index (χ3n) is 5.43. The van der Waals surface area contributed by atoms with Crippen LogP contribution in [0.4, 0.5) is 5.69 Å². The second kappa shape index (κ2) is 12.0. The smallest absolute Gasteiger partial charge is 0.332 e. The first-order valence-corrected chi connectivity index (χ1v) is 11.1. The minimum atomic E-state index is -1.41. The van der Waals surface area contributed by atoms with Gasteiger partial charge in [0.1, 0.15) is 12.2 Å². The number of ether oxygens (including phenoxy) is 3. The number of para-hydroxylation sites is 1. The number of amides is 2. The van der Waals surface area contributed by atoms with Gasteiger partial charge >= 0.3 is 17.9 Å². The number of esters is 3. The van der Waals surface area contributed by atoms with Crippen LogP contribution >= 0.6 is 0 Å². The minimum absolute atomic E-state index is 0.00434. The Morgan fingerprint density at radius 2 is 1.79 bits per heavy atom. The van der Waals surface area contributed by atoms with E-state index in [2.05, 4.69) is 10.6 Å². The van der Waals surface area contributed by atoms with Crippen LogP contribution < -0.4 is 10.6 Å². The van der Waals surface area contributed by atoms with E-state index in [1.165, 1.54) is 32.0 Å². The number of nitrogens with one attached hydrogen (secondary N) is 2. The molecule has 2 amide bonds. The molecule has 2 rings (SSSR count). The van der Waals surface area contributed by atoms with Crippen LogP contribution in [0, 0.1) is 5.92 Å². The number of carbonyl (C=O) groups excluding carboxylic acids is 5. The van der Waals surface area contributed by atoms with Gasteiger partial charge in [-0.25, -0.2) is 4.79 Å². The number of hydrogen-bond acceptors (Lipinski definition) is 9. The molecule has 5 atom stereocenters. The van der Waals surface area contributed by atoms with Crippen LogP contribution in [0.5, 0.6) is 5.75 Å². The van der Waals surface area contributed by atoms with Gasteiger partial charge < -0.3 is 30.0 Å². The quantitative estimate of drug-likeness (QED) is 0.219. The lowest BCUT2D eigenvalue weighted by molar-refractivity contribution is -0.174. The zero-order chi connectivity index (χ0) is 25.4. The van der Waals surface area contributed by atoms with Crippen LogP contribution in [0.15, 0.2) is 18.2 Å². The highest BCUT2D eigenvalue weighted by atomic mass is 16.6.